The van der Waals surface area contributed by atoms with Gasteiger partial charge in [0.2, 0.25) is 0 Å². The normalized spacial score (nSPS) is 13.5. The fourth-order valence-corrected chi connectivity index (χ4v) is 5.50. The second kappa shape index (κ2) is 13.0. The summed E-state index contributed by atoms with van der Waals surface area (Å²) in [5.74, 6) is 0.980. The zero-order valence-electron chi connectivity index (χ0n) is 26.4. The molecule has 0 heterocycles. The summed E-state index contributed by atoms with van der Waals surface area (Å²) >= 11 is 0. The van der Waals surface area contributed by atoms with E-state index in [2.05, 4.69) is 128 Å². The van der Waals surface area contributed by atoms with E-state index in [1.54, 1.807) is 0 Å². The van der Waals surface area contributed by atoms with Crippen LogP contribution >= 0.6 is 0 Å². The summed E-state index contributed by atoms with van der Waals surface area (Å²) < 4.78 is 0. The molecule has 3 heteroatoms. The monoisotopic (exact) mass is 540 g/mol. The summed E-state index contributed by atoms with van der Waals surface area (Å²) in [7, 11) is 0. The number of aromatic hydroxyl groups is 1. The van der Waals surface area contributed by atoms with Gasteiger partial charge >= 0.3 is 0 Å². The van der Waals surface area contributed by atoms with Gasteiger partial charge in [-0.2, -0.15) is 0 Å². The molecule has 0 saturated carbocycles. The first-order chi connectivity index (χ1) is 18.8. The Kier molecular flexibility index (Phi) is 10.2. The van der Waals surface area contributed by atoms with Crippen LogP contribution in [0.15, 0.2) is 79.0 Å². The van der Waals surface area contributed by atoms with Crippen LogP contribution in [0.4, 0.5) is 17.1 Å². The Hall–Kier alpha value is -3.20. The Balaban J connectivity index is 1.91. The number of nitrogens with zero attached hydrogens (tertiary/aromatic N) is 1. The summed E-state index contributed by atoms with van der Waals surface area (Å²) in [6, 6.07) is 23.8. The fourth-order valence-electron chi connectivity index (χ4n) is 5.50. The van der Waals surface area contributed by atoms with Gasteiger partial charge in [0.1, 0.15) is 5.75 Å². The van der Waals surface area contributed by atoms with Crippen LogP contribution in [0.3, 0.4) is 0 Å². The van der Waals surface area contributed by atoms with E-state index in [-0.39, 0.29) is 10.8 Å². The van der Waals surface area contributed by atoms with Crippen molar-refractivity contribution in [2.24, 2.45) is 5.92 Å². The molecule has 0 aliphatic carbocycles. The lowest BCUT2D eigenvalue weighted by Crippen LogP contribution is -2.38. The van der Waals surface area contributed by atoms with E-state index in [0.717, 1.165) is 53.9 Å². The highest BCUT2D eigenvalue weighted by Crippen LogP contribution is 2.40. The number of allylic oxidation sites excluding steroid dienone is 1. The van der Waals surface area contributed by atoms with Crippen LogP contribution in [0.1, 0.15) is 98.3 Å². The van der Waals surface area contributed by atoms with Gasteiger partial charge in [-0.05, 0) is 89.1 Å². The van der Waals surface area contributed by atoms with E-state index in [9.17, 15) is 5.11 Å². The molecule has 0 fully saturated rings. The molecule has 2 N–H and O–H groups in total. The van der Waals surface area contributed by atoms with Gasteiger partial charge in [-0.15, -0.1) is 0 Å². The maximum atomic E-state index is 11.2. The smallest absolute Gasteiger partial charge is 0.123 e. The highest BCUT2D eigenvalue weighted by molar-refractivity contribution is 5.64. The van der Waals surface area contributed by atoms with Crippen molar-refractivity contribution >= 4 is 17.1 Å². The number of phenols is 1. The number of hydrogen-bond donors (Lipinski definition) is 2. The van der Waals surface area contributed by atoms with Gasteiger partial charge in [0, 0.05) is 28.8 Å². The van der Waals surface area contributed by atoms with Crippen molar-refractivity contribution in [3.8, 4) is 5.75 Å². The predicted molar refractivity (Wildman–Crippen MR) is 175 cm³/mol. The molecule has 0 amide bonds. The third-order valence-electron chi connectivity index (χ3n) is 8.09. The molecule has 3 aromatic carbocycles. The molecule has 40 heavy (non-hydrogen) atoms. The molecule has 3 rings (SSSR count). The zero-order chi connectivity index (χ0) is 29.7. The first-order valence-corrected chi connectivity index (χ1v) is 15.0. The largest absolute Gasteiger partial charge is 0.507 e. The van der Waals surface area contributed by atoms with E-state index in [1.165, 1.54) is 11.3 Å². The molecule has 0 bridgehead atoms. The lowest BCUT2D eigenvalue weighted by Gasteiger charge is -2.38. The van der Waals surface area contributed by atoms with Gasteiger partial charge < -0.3 is 15.3 Å². The van der Waals surface area contributed by atoms with E-state index in [1.807, 2.05) is 18.2 Å². The quantitative estimate of drug-likeness (QED) is 0.254. The van der Waals surface area contributed by atoms with E-state index >= 15 is 0 Å². The Morgan fingerprint density at radius 1 is 0.825 bits per heavy atom. The van der Waals surface area contributed by atoms with Gasteiger partial charge in [-0.1, -0.05) is 106 Å². The van der Waals surface area contributed by atoms with Gasteiger partial charge in [-0.25, -0.2) is 0 Å². The van der Waals surface area contributed by atoms with E-state index in [0.29, 0.717) is 17.7 Å². The van der Waals surface area contributed by atoms with Crippen LogP contribution in [0.2, 0.25) is 0 Å². The van der Waals surface area contributed by atoms with Crippen molar-refractivity contribution in [2.75, 3.05) is 10.2 Å². The minimum absolute atomic E-state index is 0.136. The molecule has 0 radical (unpaired) electrons. The molecule has 0 aromatic heterocycles. The number of para-hydroxylation sites is 1. The minimum Gasteiger partial charge on any atom is -0.507 e. The average molecular weight is 541 g/mol. The van der Waals surface area contributed by atoms with Crippen LogP contribution < -0.4 is 10.2 Å². The Labute approximate surface area is 244 Å². The Bertz CT molecular complexity index is 1210. The molecule has 216 valence electrons. The predicted octanol–water partition coefficient (Wildman–Crippen LogP) is 10.5. The van der Waals surface area contributed by atoms with E-state index < -0.39 is 0 Å². The van der Waals surface area contributed by atoms with Crippen LogP contribution in [0.5, 0.6) is 5.75 Å². The zero-order valence-corrected chi connectivity index (χ0v) is 26.4. The lowest BCUT2D eigenvalue weighted by atomic mass is 9.78. The maximum Gasteiger partial charge on any atom is 0.123 e. The minimum atomic E-state index is -0.136. The Morgan fingerprint density at radius 2 is 1.35 bits per heavy atom. The van der Waals surface area contributed by atoms with E-state index in [4.69, 9.17) is 0 Å². The highest BCUT2D eigenvalue weighted by Gasteiger charge is 2.28. The molecule has 0 aliphatic heterocycles. The SMILES string of the molecule is C=C(CCc1cc(C(C)(C)C)c(O)c(C(C)(C)C)c1)N(c1ccc(Nc2ccccc2)cc1)C(CC)C(C)CC. The first kappa shape index (κ1) is 31.3. The summed E-state index contributed by atoms with van der Waals surface area (Å²) in [6.07, 6.45) is 3.92. The van der Waals surface area contributed by atoms with Crippen LogP contribution in [0.25, 0.3) is 0 Å². The van der Waals surface area contributed by atoms with Crippen molar-refractivity contribution in [1.29, 1.82) is 0 Å². The van der Waals surface area contributed by atoms with Crippen molar-refractivity contribution < 1.29 is 5.11 Å². The molecule has 3 aromatic rings. The summed E-state index contributed by atoms with van der Waals surface area (Å²) in [5, 5.41) is 14.7. The summed E-state index contributed by atoms with van der Waals surface area (Å²) in [5.41, 5.74) is 7.50. The molecule has 0 saturated heterocycles. The number of nitrogens with one attached hydrogen (secondary N) is 1. The number of rotatable bonds is 11. The molecular formula is C37H52N2O. The molecule has 2 unspecified atom stereocenters. The van der Waals surface area contributed by atoms with Crippen LogP contribution in [-0.2, 0) is 17.3 Å². The Morgan fingerprint density at radius 3 is 1.82 bits per heavy atom. The molecule has 3 nitrogen and oxygen atoms in total. The lowest BCUT2D eigenvalue weighted by molar-refractivity contribution is 0.415. The van der Waals surface area contributed by atoms with Gasteiger partial charge in [0.05, 0.1) is 0 Å². The molecule has 0 aliphatic rings. The highest BCUT2D eigenvalue weighted by atomic mass is 16.3. The maximum absolute atomic E-state index is 11.2. The van der Waals surface area contributed by atoms with Gasteiger partial charge in [0.15, 0.2) is 0 Å². The van der Waals surface area contributed by atoms with Gasteiger partial charge in [0.25, 0.3) is 0 Å². The number of aryl methyl sites for hydroxylation is 1. The van der Waals surface area contributed by atoms with Crippen molar-refractivity contribution in [2.45, 2.75) is 105 Å². The van der Waals surface area contributed by atoms with Crippen LogP contribution in [0, 0.1) is 5.92 Å². The topological polar surface area (TPSA) is 35.5 Å². The molecule has 0 spiro atoms. The standard InChI is InChI=1S/C37H52N2O/c1-11-26(3)34(12-2)39(31-22-20-30(21-23-31)38-29-16-14-13-15-17-29)27(4)18-19-28-24-32(36(5,6)7)35(40)33(25-28)37(8,9)10/h13-17,20-26,34,38,40H,4,11-12,18-19H2,1-3,5-10H3. The number of hydrogen-bond acceptors (Lipinski definition) is 3. The van der Waals surface area contributed by atoms with Gasteiger partial charge in [-0.3, -0.25) is 0 Å². The average Bonchev–Trinajstić information content (AvgIpc) is 2.90. The molecule has 2 atom stereocenters. The third kappa shape index (κ3) is 7.71. The molecular weight excluding hydrogens is 488 g/mol. The van der Waals surface area contributed by atoms with Crippen LogP contribution in [-0.4, -0.2) is 11.1 Å². The summed E-state index contributed by atoms with van der Waals surface area (Å²) in [4.78, 5) is 2.48. The third-order valence-corrected chi connectivity index (χ3v) is 8.09. The van der Waals surface area contributed by atoms with Crippen molar-refractivity contribution in [3.05, 3.63) is 95.7 Å². The van der Waals surface area contributed by atoms with Crippen molar-refractivity contribution in [1.82, 2.24) is 0 Å². The fraction of sp³-hybridized carbons (Fsp3) is 0.459. The second-order valence-electron chi connectivity index (χ2n) is 13.4. The summed E-state index contributed by atoms with van der Waals surface area (Å²) in [6.45, 7) is 24.6. The first-order valence-electron chi connectivity index (χ1n) is 15.0. The number of benzene rings is 3. The second-order valence-corrected chi connectivity index (χ2v) is 13.4. The number of anilines is 3. The van der Waals surface area contributed by atoms with Crippen molar-refractivity contribution in [3.63, 3.8) is 0 Å². The number of phenolic OH excluding ortho intramolecular Hbond substituents is 1.